The van der Waals surface area contributed by atoms with Gasteiger partial charge in [0.05, 0.1) is 0 Å². The molecule has 0 heterocycles. The summed E-state index contributed by atoms with van der Waals surface area (Å²) in [6, 6.07) is 9.51. The Morgan fingerprint density at radius 3 is 2.25 bits per heavy atom. The van der Waals surface area contributed by atoms with Crippen LogP contribution in [0.2, 0.25) is 0 Å². The lowest BCUT2D eigenvalue weighted by Crippen LogP contribution is -1.92. The van der Waals surface area contributed by atoms with E-state index in [1.54, 1.807) is 0 Å². The van der Waals surface area contributed by atoms with Gasteiger partial charge < -0.3 is 10.2 Å². The Kier molecular flexibility index (Phi) is 2.75. The van der Waals surface area contributed by atoms with Crippen LogP contribution in [0.5, 0.6) is 0 Å². The van der Waals surface area contributed by atoms with Gasteiger partial charge in [-0.3, -0.25) is 0 Å². The first-order valence-corrected chi connectivity index (χ1v) is 3.82. The second-order valence-electron chi connectivity index (χ2n) is 2.69. The lowest BCUT2D eigenvalue weighted by Gasteiger charge is -2.00. The highest BCUT2D eigenvalue weighted by Crippen LogP contribution is 2.07. The molecule has 0 unspecified atom stereocenters. The first kappa shape index (κ1) is 8.65. The number of allylic oxidation sites excluding steroid dienone is 2. The van der Waals surface area contributed by atoms with E-state index in [0.29, 0.717) is 6.42 Å². The van der Waals surface area contributed by atoms with Gasteiger partial charge in [-0.25, -0.2) is 0 Å². The third kappa shape index (κ3) is 2.31. The second-order valence-corrected chi connectivity index (χ2v) is 2.69. The van der Waals surface area contributed by atoms with Crippen molar-refractivity contribution in [3.63, 3.8) is 0 Å². The molecule has 0 aliphatic heterocycles. The molecule has 0 aliphatic rings. The van der Waals surface area contributed by atoms with Gasteiger partial charge in [0, 0.05) is 6.42 Å². The van der Waals surface area contributed by atoms with Gasteiger partial charge in [0.15, 0.2) is 0 Å². The van der Waals surface area contributed by atoms with Crippen LogP contribution in [0.15, 0.2) is 41.9 Å². The quantitative estimate of drug-likeness (QED) is 0.659. The molecule has 2 N–H and O–H groups in total. The van der Waals surface area contributed by atoms with Crippen LogP contribution in [0, 0.1) is 0 Å². The van der Waals surface area contributed by atoms with E-state index in [0.717, 1.165) is 5.56 Å². The molecule has 1 aromatic carbocycles. The summed E-state index contributed by atoms with van der Waals surface area (Å²) in [6.45, 7) is 1.47. The van der Waals surface area contributed by atoms with Crippen LogP contribution in [0.1, 0.15) is 12.5 Å². The molecule has 12 heavy (non-hydrogen) atoms. The summed E-state index contributed by atoms with van der Waals surface area (Å²) < 4.78 is 0. The van der Waals surface area contributed by atoms with E-state index >= 15 is 0 Å². The molecule has 0 aromatic heterocycles. The van der Waals surface area contributed by atoms with Crippen molar-refractivity contribution < 1.29 is 10.2 Å². The van der Waals surface area contributed by atoms with Crippen LogP contribution < -0.4 is 0 Å². The highest BCUT2D eigenvalue weighted by atomic mass is 16.3. The minimum atomic E-state index is -0.0150. The molecule has 0 spiro atoms. The standard InChI is InChI=1S/C10H12O2/c1-8(11)10(12)7-9-5-3-2-4-6-9/h2-6,11-12H,7H2,1H3. The second kappa shape index (κ2) is 3.81. The van der Waals surface area contributed by atoms with Gasteiger partial charge in [0.25, 0.3) is 0 Å². The molecule has 64 valence electrons. The summed E-state index contributed by atoms with van der Waals surface area (Å²) in [5.41, 5.74) is 0.989. The van der Waals surface area contributed by atoms with Crippen molar-refractivity contribution in [2.24, 2.45) is 0 Å². The molecule has 0 fully saturated rings. The van der Waals surface area contributed by atoms with Gasteiger partial charge in [0.2, 0.25) is 0 Å². The summed E-state index contributed by atoms with van der Waals surface area (Å²) in [4.78, 5) is 0. The summed E-state index contributed by atoms with van der Waals surface area (Å²) in [7, 11) is 0. The summed E-state index contributed by atoms with van der Waals surface area (Å²) in [5, 5.41) is 18.1. The maximum absolute atomic E-state index is 9.21. The molecule has 0 atom stereocenters. The fourth-order valence-electron chi connectivity index (χ4n) is 0.917. The monoisotopic (exact) mass is 164 g/mol. The lowest BCUT2D eigenvalue weighted by molar-refractivity contribution is 0.319. The zero-order chi connectivity index (χ0) is 8.97. The van der Waals surface area contributed by atoms with E-state index in [9.17, 15) is 5.11 Å². The predicted molar refractivity (Wildman–Crippen MR) is 48.1 cm³/mol. The van der Waals surface area contributed by atoms with Crippen molar-refractivity contribution >= 4 is 0 Å². The van der Waals surface area contributed by atoms with Crippen molar-refractivity contribution in [2.45, 2.75) is 13.3 Å². The Bertz CT molecular complexity index is 271. The number of benzene rings is 1. The minimum Gasteiger partial charge on any atom is -0.509 e. The molecule has 1 aromatic rings. The third-order valence-electron chi connectivity index (χ3n) is 1.63. The maximum Gasteiger partial charge on any atom is 0.134 e. The van der Waals surface area contributed by atoms with Gasteiger partial charge >= 0.3 is 0 Å². The summed E-state index contributed by atoms with van der Waals surface area (Å²) >= 11 is 0. The minimum absolute atomic E-state index is 0.0150. The Morgan fingerprint density at radius 2 is 1.75 bits per heavy atom. The molecule has 2 nitrogen and oxygen atoms in total. The van der Waals surface area contributed by atoms with Crippen molar-refractivity contribution in [3.05, 3.63) is 47.4 Å². The van der Waals surface area contributed by atoms with Gasteiger partial charge in [0.1, 0.15) is 11.5 Å². The lowest BCUT2D eigenvalue weighted by atomic mass is 10.1. The molecule has 0 radical (unpaired) electrons. The number of aliphatic hydroxyl groups excluding tert-OH is 2. The largest absolute Gasteiger partial charge is 0.509 e. The highest BCUT2D eigenvalue weighted by Gasteiger charge is 1.99. The first-order chi connectivity index (χ1) is 5.70. The van der Waals surface area contributed by atoms with Crippen LogP contribution >= 0.6 is 0 Å². The van der Waals surface area contributed by atoms with Gasteiger partial charge in [-0.05, 0) is 12.5 Å². The van der Waals surface area contributed by atoms with E-state index in [2.05, 4.69) is 0 Å². The van der Waals surface area contributed by atoms with E-state index < -0.39 is 0 Å². The summed E-state index contributed by atoms with van der Waals surface area (Å²) in [6.07, 6.45) is 0.392. The zero-order valence-corrected chi connectivity index (χ0v) is 6.99. The van der Waals surface area contributed by atoms with Gasteiger partial charge in [-0.2, -0.15) is 0 Å². The normalized spacial score (nSPS) is 12.4. The topological polar surface area (TPSA) is 40.5 Å². The summed E-state index contributed by atoms with van der Waals surface area (Å²) in [5.74, 6) is 0.0139. The van der Waals surface area contributed by atoms with E-state index in [4.69, 9.17) is 5.11 Å². The van der Waals surface area contributed by atoms with Crippen molar-refractivity contribution in [1.82, 2.24) is 0 Å². The highest BCUT2D eigenvalue weighted by molar-refractivity contribution is 5.19. The molecule has 0 aliphatic carbocycles. The van der Waals surface area contributed by atoms with E-state index in [1.807, 2.05) is 30.3 Å². The van der Waals surface area contributed by atoms with Crippen LogP contribution in [-0.4, -0.2) is 10.2 Å². The molecule has 0 bridgehead atoms. The molecular weight excluding hydrogens is 152 g/mol. The SMILES string of the molecule is CC(O)=C(O)Cc1ccccc1. The fraction of sp³-hybridized carbons (Fsp3) is 0.200. The number of hydrogen-bond donors (Lipinski definition) is 2. The molecule has 0 saturated heterocycles. The van der Waals surface area contributed by atoms with Gasteiger partial charge in [-0.15, -0.1) is 0 Å². The molecule has 0 amide bonds. The predicted octanol–water partition coefficient (Wildman–Crippen LogP) is 2.58. The first-order valence-electron chi connectivity index (χ1n) is 3.82. The molecular formula is C10H12O2. The van der Waals surface area contributed by atoms with E-state index in [1.165, 1.54) is 6.92 Å². The third-order valence-corrected chi connectivity index (χ3v) is 1.63. The number of aliphatic hydroxyl groups is 2. The Hall–Kier alpha value is -1.44. The van der Waals surface area contributed by atoms with E-state index in [-0.39, 0.29) is 11.5 Å². The molecule has 2 heteroatoms. The number of rotatable bonds is 2. The maximum atomic E-state index is 9.21. The zero-order valence-electron chi connectivity index (χ0n) is 6.99. The van der Waals surface area contributed by atoms with Crippen LogP contribution in [0.4, 0.5) is 0 Å². The van der Waals surface area contributed by atoms with Crippen molar-refractivity contribution in [2.75, 3.05) is 0 Å². The smallest absolute Gasteiger partial charge is 0.134 e. The Balaban J connectivity index is 2.72. The van der Waals surface area contributed by atoms with Crippen molar-refractivity contribution in [3.8, 4) is 0 Å². The Morgan fingerprint density at radius 1 is 1.17 bits per heavy atom. The van der Waals surface area contributed by atoms with Crippen LogP contribution in [0.25, 0.3) is 0 Å². The average molecular weight is 164 g/mol. The van der Waals surface area contributed by atoms with Gasteiger partial charge in [-0.1, -0.05) is 30.3 Å². The number of hydrogen-bond acceptors (Lipinski definition) is 2. The van der Waals surface area contributed by atoms with Crippen molar-refractivity contribution in [1.29, 1.82) is 0 Å². The molecule has 1 rings (SSSR count). The average Bonchev–Trinajstić information content (AvgIpc) is 2.06. The molecule has 0 saturated carbocycles. The Labute approximate surface area is 71.8 Å². The fourth-order valence-corrected chi connectivity index (χ4v) is 0.917. The van der Waals surface area contributed by atoms with Crippen LogP contribution in [0.3, 0.4) is 0 Å². The van der Waals surface area contributed by atoms with Crippen LogP contribution in [-0.2, 0) is 6.42 Å².